The van der Waals surface area contributed by atoms with Crippen LogP contribution in [-0.2, 0) is 14.4 Å². The van der Waals surface area contributed by atoms with Crippen molar-refractivity contribution in [2.75, 3.05) is 13.6 Å². The fraction of sp³-hybridized carbons (Fsp3) is 0.667. The number of hydrogen-bond donors (Lipinski definition) is 3. The van der Waals surface area contributed by atoms with Crippen molar-refractivity contribution < 1.29 is 14.4 Å². The Labute approximate surface area is 88.8 Å². The van der Waals surface area contributed by atoms with Crippen molar-refractivity contribution in [2.24, 2.45) is 0 Å². The van der Waals surface area contributed by atoms with E-state index in [1.54, 1.807) is 13.8 Å². The number of amides is 3. The van der Waals surface area contributed by atoms with Crippen LogP contribution in [0.1, 0.15) is 20.3 Å². The Morgan fingerprint density at radius 2 is 1.80 bits per heavy atom. The highest BCUT2D eigenvalue weighted by atomic mass is 16.2. The Balaban J connectivity index is 3.83. The molecule has 15 heavy (non-hydrogen) atoms. The van der Waals surface area contributed by atoms with Crippen molar-refractivity contribution >= 4 is 17.7 Å². The van der Waals surface area contributed by atoms with Crippen molar-refractivity contribution in [3.05, 3.63) is 0 Å². The summed E-state index contributed by atoms with van der Waals surface area (Å²) < 4.78 is 0. The monoisotopic (exact) mass is 215 g/mol. The molecular weight excluding hydrogens is 198 g/mol. The molecule has 0 aliphatic carbocycles. The van der Waals surface area contributed by atoms with Gasteiger partial charge < -0.3 is 16.0 Å². The van der Waals surface area contributed by atoms with Gasteiger partial charge in [0.05, 0.1) is 6.54 Å². The first kappa shape index (κ1) is 13.4. The summed E-state index contributed by atoms with van der Waals surface area (Å²) in [5.74, 6) is -0.851. The molecule has 1 atom stereocenters. The summed E-state index contributed by atoms with van der Waals surface area (Å²) in [6, 6.07) is -0.596. The van der Waals surface area contributed by atoms with E-state index in [2.05, 4.69) is 16.0 Å². The van der Waals surface area contributed by atoms with Crippen LogP contribution < -0.4 is 16.0 Å². The second kappa shape index (κ2) is 6.80. The smallest absolute Gasteiger partial charge is 0.242 e. The van der Waals surface area contributed by atoms with Crippen molar-refractivity contribution in [3.8, 4) is 0 Å². The molecule has 0 radical (unpaired) electrons. The van der Waals surface area contributed by atoms with Crippen LogP contribution in [0.2, 0.25) is 0 Å². The summed E-state index contributed by atoms with van der Waals surface area (Å²) in [6.07, 6.45) is 0.332. The van der Waals surface area contributed by atoms with Gasteiger partial charge in [0, 0.05) is 13.5 Å². The Kier molecular flexibility index (Phi) is 6.08. The number of carbonyl (C=O) groups excluding carboxylic acids is 3. The maximum Gasteiger partial charge on any atom is 0.242 e. The average Bonchev–Trinajstić information content (AvgIpc) is 2.24. The molecule has 3 N–H and O–H groups in total. The van der Waals surface area contributed by atoms with E-state index < -0.39 is 6.04 Å². The van der Waals surface area contributed by atoms with Crippen molar-refractivity contribution in [2.45, 2.75) is 26.3 Å². The molecule has 0 aliphatic rings. The van der Waals surface area contributed by atoms with E-state index in [-0.39, 0.29) is 24.3 Å². The summed E-state index contributed by atoms with van der Waals surface area (Å²) in [6.45, 7) is 3.16. The van der Waals surface area contributed by atoms with E-state index in [1.165, 1.54) is 7.05 Å². The van der Waals surface area contributed by atoms with Gasteiger partial charge in [0.2, 0.25) is 17.7 Å². The quantitative estimate of drug-likeness (QED) is 0.536. The molecule has 0 saturated carbocycles. The fourth-order valence-corrected chi connectivity index (χ4v) is 0.878. The highest BCUT2D eigenvalue weighted by Gasteiger charge is 2.13. The van der Waals surface area contributed by atoms with Gasteiger partial charge in [-0.05, 0) is 6.92 Å². The molecule has 86 valence electrons. The lowest BCUT2D eigenvalue weighted by molar-refractivity contribution is -0.129. The van der Waals surface area contributed by atoms with Crippen LogP contribution in [0, 0.1) is 0 Å². The zero-order valence-corrected chi connectivity index (χ0v) is 9.22. The predicted molar refractivity (Wildman–Crippen MR) is 55.0 cm³/mol. The average molecular weight is 215 g/mol. The van der Waals surface area contributed by atoms with Crippen LogP contribution in [0.25, 0.3) is 0 Å². The Bertz CT molecular complexity index is 253. The van der Waals surface area contributed by atoms with Crippen LogP contribution >= 0.6 is 0 Å². The van der Waals surface area contributed by atoms with E-state index in [1.807, 2.05) is 0 Å². The van der Waals surface area contributed by atoms with Crippen LogP contribution in [0.3, 0.4) is 0 Å². The molecule has 0 rings (SSSR count). The maximum absolute atomic E-state index is 11.2. The van der Waals surface area contributed by atoms with Gasteiger partial charge in [0.25, 0.3) is 0 Å². The normalized spacial score (nSPS) is 11.4. The minimum Gasteiger partial charge on any atom is -0.357 e. The van der Waals surface area contributed by atoms with E-state index in [0.29, 0.717) is 6.42 Å². The lowest BCUT2D eigenvalue weighted by atomic mass is 10.3. The van der Waals surface area contributed by atoms with E-state index in [4.69, 9.17) is 0 Å². The summed E-state index contributed by atoms with van der Waals surface area (Å²) in [5, 5.41) is 7.26. The minimum atomic E-state index is -0.596. The number of nitrogens with one attached hydrogen (secondary N) is 3. The molecule has 0 aromatic rings. The standard InChI is InChI=1S/C9H17N3O3/c1-4-7(13)11-5-8(14)12-6(2)9(15)10-3/h6H,4-5H2,1-3H3,(H,10,15)(H,11,13)(H,12,14)/t6-/m1/s1. The van der Waals surface area contributed by atoms with Gasteiger partial charge in [-0.2, -0.15) is 0 Å². The van der Waals surface area contributed by atoms with Crippen LogP contribution in [0.4, 0.5) is 0 Å². The zero-order valence-electron chi connectivity index (χ0n) is 9.22. The van der Waals surface area contributed by atoms with Gasteiger partial charge in [-0.25, -0.2) is 0 Å². The van der Waals surface area contributed by atoms with Gasteiger partial charge in [-0.3, -0.25) is 14.4 Å². The SMILES string of the molecule is CCC(=O)NCC(=O)N[C@H](C)C(=O)NC. The maximum atomic E-state index is 11.2. The highest BCUT2D eigenvalue weighted by Crippen LogP contribution is 1.81. The van der Waals surface area contributed by atoms with Crippen LogP contribution in [0.5, 0.6) is 0 Å². The van der Waals surface area contributed by atoms with Crippen molar-refractivity contribution in [1.82, 2.24) is 16.0 Å². The Morgan fingerprint density at radius 3 is 2.27 bits per heavy atom. The third kappa shape index (κ3) is 5.66. The summed E-state index contributed by atoms with van der Waals surface area (Å²) in [7, 11) is 1.49. The van der Waals surface area contributed by atoms with Crippen LogP contribution in [0.15, 0.2) is 0 Å². The van der Waals surface area contributed by atoms with Crippen LogP contribution in [-0.4, -0.2) is 37.4 Å². The first-order valence-electron chi connectivity index (χ1n) is 4.78. The highest BCUT2D eigenvalue weighted by molar-refractivity contribution is 5.89. The molecule has 0 spiro atoms. The van der Waals surface area contributed by atoms with Crippen molar-refractivity contribution in [1.29, 1.82) is 0 Å². The number of rotatable bonds is 5. The topological polar surface area (TPSA) is 87.3 Å². The zero-order chi connectivity index (χ0) is 11.8. The first-order valence-corrected chi connectivity index (χ1v) is 4.78. The summed E-state index contributed by atoms with van der Waals surface area (Å²) >= 11 is 0. The van der Waals surface area contributed by atoms with Gasteiger partial charge in [-0.1, -0.05) is 6.92 Å². The lowest BCUT2D eigenvalue weighted by Gasteiger charge is -2.12. The second-order valence-electron chi connectivity index (χ2n) is 3.03. The van der Waals surface area contributed by atoms with Crippen molar-refractivity contribution in [3.63, 3.8) is 0 Å². The summed E-state index contributed by atoms with van der Waals surface area (Å²) in [4.78, 5) is 33.0. The van der Waals surface area contributed by atoms with Gasteiger partial charge in [0.15, 0.2) is 0 Å². The van der Waals surface area contributed by atoms with E-state index in [9.17, 15) is 14.4 Å². The molecule has 0 saturated heterocycles. The molecule has 0 heterocycles. The Hall–Kier alpha value is -1.59. The van der Waals surface area contributed by atoms with E-state index in [0.717, 1.165) is 0 Å². The molecule has 0 aromatic carbocycles. The lowest BCUT2D eigenvalue weighted by Crippen LogP contribution is -2.47. The number of carbonyl (C=O) groups is 3. The third-order valence-electron chi connectivity index (χ3n) is 1.78. The molecule has 0 aromatic heterocycles. The largest absolute Gasteiger partial charge is 0.357 e. The molecule has 6 heteroatoms. The Morgan fingerprint density at radius 1 is 1.20 bits per heavy atom. The molecule has 0 fully saturated rings. The molecule has 3 amide bonds. The van der Waals surface area contributed by atoms with Gasteiger partial charge in [-0.15, -0.1) is 0 Å². The van der Waals surface area contributed by atoms with Gasteiger partial charge in [0.1, 0.15) is 6.04 Å². The summed E-state index contributed by atoms with van der Waals surface area (Å²) in [5.41, 5.74) is 0. The second-order valence-corrected chi connectivity index (χ2v) is 3.03. The number of likely N-dealkylation sites (N-methyl/N-ethyl adjacent to an activating group) is 1. The molecule has 0 unspecified atom stereocenters. The first-order chi connectivity index (χ1) is 7.01. The molecular formula is C9H17N3O3. The molecule has 0 bridgehead atoms. The molecule has 6 nitrogen and oxygen atoms in total. The fourth-order valence-electron chi connectivity index (χ4n) is 0.878. The van der Waals surface area contributed by atoms with E-state index >= 15 is 0 Å². The number of hydrogen-bond acceptors (Lipinski definition) is 3. The van der Waals surface area contributed by atoms with Gasteiger partial charge >= 0.3 is 0 Å². The predicted octanol–water partition coefficient (Wildman–Crippen LogP) is -1.24. The molecule has 0 aliphatic heterocycles. The third-order valence-corrected chi connectivity index (χ3v) is 1.78. The minimum absolute atomic E-state index is 0.103.